The fraction of sp³-hybridized carbons (Fsp3) is 0.567. The zero-order valence-corrected chi connectivity index (χ0v) is 24.7. The molecule has 2 aromatic rings. The second kappa shape index (κ2) is 19.0. The number of nitrogens with one attached hydrogen (secondary N) is 2. The highest BCUT2D eigenvalue weighted by Crippen LogP contribution is 2.31. The third-order valence-corrected chi connectivity index (χ3v) is 7.11. The van der Waals surface area contributed by atoms with E-state index in [2.05, 4.69) is 23.9 Å². The standard InChI is InChI=1S/C30H46FN3O4S/c1-5-22(2)28(19-33-39-4)34-30(35)9-6-8-26(32)21-37-20-23-10-15-27(24-11-13-25(31)14-12-24)29(18-23)38-17-7-16-36-3/h10-15,18,22,26,28,33H,5-9,16-17,19-21,32H2,1-4H3,(H,34,35)/t22-,26?,28?/m0/s1. The third kappa shape index (κ3) is 12.7. The Morgan fingerprint density at radius 1 is 1.13 bits per heavy atom. The molecule has 2 rings (SSSR count). The third-order valence-electron chi connectivity index (χ3n) is 6.66. The summed E-state index contributed by atoms with van der Waals surface area (Å²) < 4.78 is 33.7. The summed E-state index contributed by atoms with van der Waals surface area (Å²) in [7, 11) is 1.66. The van der Waals surface area contributed by atoms with Gasteiger partial charge in [-0.05, 0) is 54.3 Å². The Morgan fingerprint density at radius 2 is 1.90 bits per heavy atom. The first-order valence-electron chi connectivity index (χ1n) is 13.8. The van der Waals surface area contributed by atoms with Gasteiger partial charge in [0.15, 0.2) is 0 Å². The van der Waals surface area contributed by atoms with Crippen LogP contribution in [0.25, 0.3) is 11.1 Å². The second-order valence-electron chi connectivity index (χ2n) is 9.81. The highest BCUT2D eigenvalue weighted by Gasteiger charge is 2.18. The van der Waals surface area contributed by atoms with Crippen molar-refractivity contribution in [1.29, 1.82) is 0 Å². The van der Waals surface area contributed by atoms with E-state index in [1.54, 1.807) is 31.2 Å². The van der Waals surface area contributed by atoms with Gasteiger partial charge in [-0.2, -0.15) is 0 Å². The van der Waals surface area contributed by atoms with Crippen LogP contribution >= 0.6 is 11.9 Å². The summed E-state index contributed by atoms with van der Waals surface area (Å²) >= 11 is 1.56. The van der Waals surface area contributed by atoms with Crippen molar-refractivity contribution in [1.82, 2.24) is 10.0 Å². The molecule has 0 aliphatic carbocycles. The maximum absolute atomic E-state index is 13.4. The first-order chi connectivity index (χ1) is 18.9. The van der Waals surface area contributed by atoms with E-state index in [4.69, 9.17) is 19.9 Å². The number of hydrogen-bond acceptors (Lipinski definition) is 7. The van der Waals surface area contributed by atoms with Crippen molar-refractivity contribution in [3.63, 3.8) is 0 Å². The maximum atomic E-state index is 13.4. The van der Waals surface area contributed by atoms with Gasteiger partial charge in [-0.3, -0.25) is 9.52 Å². The molecule has 0 heterocycles. The molecule has 1 amide bonds. The predicted octanol–water partition coefficient (Wildman–Crippen LogP) is 5.32. The van der Waals surface area contributed by atoms with Gasteiger partial charge in [-0.25, -0.2) is 4.39 Å². The van der Waals surface area contributed by atoms with Crippen molar-refractivity contribution in [2.75, 3.05) is 39.7 Å². The van der Waals surface area contributed by atoms with Gasteiger partial charge in [0.25, 0.3) is 0 Å². The van der Waals surface area contributed by atoms with Crippen LogP contribution in [0.5, 0.6) is 5.75 Å². The van der Waals surface area contributed by atoms with Gasteiger partial charge < -0.3 is 25.3 Å². The smallest absolute Gasteiger partial charge is 0.220 e. The lowest BCUT2D eigenvalue weighted by Gasteiger charge is -2.24. The van der Waals surface area contributed by atoms with E-state index in [0.717, 1.165) is 41.8 Å². The summed E-state index contributed by atoms with van der Waals surface area (Å²) in [6.45, 7) is 6.97. The molecule has 9 heteroatoms. The van der Waals surface area contributed by atoms with Crippen LogP contribution in [0.2, 0.25) is 0 Å². The van der Waals surface area contributed by atoms with Gasteiger partial charge in [-0.1, -0.05) is 56.5 Å². The Hall–Kier alpha value is -2.17. The molecule has 4 N–H and O–H groups in total. The average molecular weight is 564 g/mol. The monoisotopic (exact) mass is 563 g/mol. The van der Waals surface area contributed by atoms with E-state index >= 15 is 0 Å². The molecule has 0 saturated heterocycles. The largest absolute Gasteiger partial charge is 0.493 e. The topological polar surface area (TPSA) is 94.8 Å². The summed E-state index contributed by atoms with van der Waals surface area (Å²) in [5, 5.41) is 3.16. The first-order valence-corrected chi connectivity index (χ1v) is 15.0. The molecule has 218 valence electrons. The fourth-order valence-corrected chi connectivity index (χ4v) is 4.44. The van der Waals surface area contributed by atoms with Gasteiger partial charge in [-0.15, -0.1) is 0 Å². The number of methoxy groups -OCH3 is 1. The van der Waals surface area contributed by atoms with Crippen molar-refractivity contribution in [2.24, 2.45) is 11.7 Å². The number of rotatable bonds is 20. The van der Waals surface area contributed by atoms with Crippen molar-refractivity contribution >= 4 is 17.9 Å². The van der Waals surface area contributed by atoms with Gasteiger partial charge in [0.2, 0.25) is 5.91 Å². The number of nitrogens with two attached hydrogens (primary N) is 1. The molecule has 2 aromatic carbocycles. The molecule has 0 fully saturated rings. The molecule has 0 saturated carbocycles. The number of amides is 1. The van der Waals surface area contributed by atoms with Gasteiger partial charge in [0.05, 0.1) is 19.8 Å². The molecule has 0 aliphatic rings. The molecular weight excluding hydrogens is 517 g/mol. The van der Waals surface area contributed by atoms with Crippen LogP contribution in [0, 0.1) is 11.7 Å². The van der Waals surface area contributed by atoms with Crippen molar-refractivity contribution in [3.05, 3.63) is 53.8 Å². The molecule has 0 radical (unpaired) electrons. The Balaban J connectivity index is 1.82. The predicted molar refractivity (Wildman–Crippen MR) is 158 cm³/mol. The van der Waals surface area contributed by atoms with Gasteiger partial charge >= 0.3 is 0 Å². The molecule has 2 unspecified atom stereocenters. The number of hydrogen-bond donors (Lipinski definition) is 3. The van der Waals surface area contributed by atoms with Crippen LogP contribution in [0.1, 0.15) is 51.5 Å². The normalized spacial score (nSPS) is 13.6. The van der Waals surface area contributed by atoms with E-state index in [0.29, 0.717) is 51.6 Å². The first kappa shape index (κ1) is 33.0. The van der Waals surface area contributed by atoms with E-state index in [-0.39, 0.29) is 23.8 Å². The molecule has 3 atom stereocenters. The summed E-state index contributed by atoms with van der Waals surface area (Å²) in [5.74, 6) is 0.917. The molecular formula is C30H46FN3O4S. The maximum Gasteiger partial charge on any atom is 0.220 e. The molecule has 7 nitrogen and oxygen atoms in total. The van der Waals surface area contributed by atoms with E-state index in [1.165, 1.54) is 12.1 Å². The van der Waals surface area contributed by atoms with E-state index < -0.39 is 0 Å². The minimum atomic E-state index is -0.276. The van der Waals surface area contributed by atoms with Crippen LogP contribution < -0.4 is 20.5 Å². The van der Waals surface area contributed by atoms with Gasteiger partial charge in [0.1, 0.15) is 11.6 Å². The van der Waals surface area contributed by atoms with Crippen molar-refractivity contribution in [2.45, 2.75) is 64.6 Å². The lowest BCUT2D eigenvalue weighted by molar-refractivity contribution is -0.122. The molecule has 0 spiro atoms. The molecule has 0 bridgehead atoms. The average Bonchev–Trinajstić information content (AvgIpc) is 2.93. The number of benzene rings is 2. The quantitative estimate of drug-likeness (QED) is 0.148. The number of halogens is 1. The lowest BCUT2D eigenvalue weighted by Crippen LogP contribution is -2.44. The Labute approximate surface area is 237 Å². The van der Waals surface area contributed by atoms with Crippen molar-refractivity contribution < 1.29 is 23.4 Å². The zero-order chi connectivity index (χ0) is 28.5. The van der Waals surface area contributed by atoms with Crippen molar-refractivity contribution in [3.8, 4) is 16.9 Å². The van der Waals surface area contributed by atoms with Crippen LogP contribution in [-0.4, -0.2) is 57.7 Å². The van der Waals surface area contributed by atoms with Crippen LogP contribution in [0.3, 0.4) is 0 Å². The minimum absolute atomic E-state index is 0.0654. The number of carbonyl (C=O) groups excluding carboxylic acids is 1. The van der Waals surface area contributed by atoms with Gasteiger partial charge in [0, 0.05) is 50.8 Å². The summed E-state index contributed by atoms with van der Waals surface area (Å²) in [6, 6.07) is 12.3. The Morgan fingerprint density at radius 3 is 2.59 bits per heavy atom. The molecule has 0 aromatic heterocycles. The van der Waals surface area contributed by atoms with E-state index in [9.17, 15) is 9.18 Å². The summed E-state index contributed by atoms with van der Waals surface area (Å²) in [6.07, 6.45) is 5.64. The number of ether oxygens (including phenoxy) is 3. The lowest BCUT2D eigenvalue weighted by atomic mass is 9.99. The van der Waals surface area contributed by atoms with Crippen LogP contribution in [0.15, 0.2) is 42.5 Å². The molecule has 39 heavy (non-hydrogen) atoms. The molecule has 0 aliphatic heterocycles. The zero-order valence-electron chi connectivity index (χ0n) is 23.8. The Kier molecular flexibility index (Phi) is 16.1. The summed E-state index contributed by atoms with van der Waals surface area (Å²) in [5.41, 5.74) is 9.00. The fourth-order valence-electron chi connectivity index (χ4n) is 4.10. The van der Waals surface area contributed by atoms with E-state index in [1.807, 2.05) is 24.5 Å². The minimum Gasteiger partial charge on any atom is -0.493 e. The highest BCUT2D eigenvalue weighted by molar-refractivity contribution is 7.96. The second-order valence-corrected chi connectivity index (χ2v) is 10.5. The van der Waals surface area contributed by atoms with Crippen LogP contribution in [-0.2, 0) is 20.9 Å². The highest BCUT2D eigenvalue weighted by atomic mass is 32.2. The number of carbonyl (C=O) groups is 1. The Bertz CT molecular complexity index is 964. The summed E-state index contributed by atoms with van der Waals surface area (Å²) in [4.78, 5) is 12.5. The SMILES string of the molecule is CC[C@H](C)C(CNSC)NC(=O)CCCC(N)COCc1ccc(-c2ccc(F)cc2)c(OCCCOC)c1. The van der Waals surface area contributed by atoms with Crippen LogP contribution in [0.4, 0.5) is 4.39 Å².